The molecule has 0 spiro atoms. The Labute approximate surface area is 315 Å². The smallest absolute Gasteiger partial charge is 0.0547 e. The predicted octanol–water partition coefficient (Wildman–Crippen LogP) is 14.4. The number of para-hydroxylation sites is 3. The highest BCUT2D eigenvalue weighted by atomic mass is 15.1. The molecule has 1 heterocycles. The molecule has 9 aromatic carbocycles. The van der Waals surface area contributed by atoms with Crippen LogP contribution in [0.1, 0.15) is 0 Å². The van der Waals surface area contributed by atoms with E-state index in [2.05, 4.69) is 228 Å². The topological polar surface area (TPSA) is 8.17 Å². The summed E-state index contributed by atoms with van der Waals surface area (Å²) in [6.45, 7) is 0. The normalized spacial score (nSPS) is 11.3. The second-order valence-corrected chi connectivity index (χ2v) is 13.7. The highest BCUT2D eigenvalue weighted by Gasteiger charge is 2.21. The zero-order valence-corrected chi connectivity index (χ0v) is 29.7. The third-order valence-electron chi connectivity index (χ3n) is 10.6. The van der Waals surface area contributed by atoms with E-state index in [-0.39, 0.29) is 0 Å². The van der Waals surface area contributed by atoms with Gasteiger partial charge in [0, 0.05) is 33.1 Å². The van der Waals surface area contributed by atoms with Gasteiger partial charge in [-0.25, -0.2) is 0 Å². The number of fused-ring (bicyclic) bond motifs is 4. The molecule has 2 heteroatoms. The lowest BCUT2D eigenvalue weighted by atomic mass is 9.94. The summed E-state index contributed by atoms with van der Waals surface area (Å²) in [6, 6.07) is 78.9. The zero-order valence-electron chi connectivity index (χ0n) is 29.7. The van der Waals surface area contributed by atoms with Crippen LogP contribution in [0.15, 0.2) is 218 Å². The largest absolute Gasteiger partial charge is 0.309 e. The maximum absolute atomic E-state index is 2.44. The Hall–Kier alpha value is -7.16. The van der Waals surface area contributed by atoms with Crippen molar-refractivity contribution in [3.8, 4) is 39.1 Å². The molecule has 0 saturated heterocycles. The van der Waals surface area contributed by atoms with E-state index < -0.39 is 0 Å². The van der Waals surface area contributed by atoms with Gasteiger partial charge in [-0.3, -0.25) is 0 Å². The van der Waals surface area contributed by atoms with Gasteiger partial charge in [-0.1, -0.05) is 164 Å². The molecule has 1 aromatic heterocycles. The van der Waals surface area contributed by atoms with Crippen LogP contribution < -0.4 is 4.90 Å². The third kappa shape index (κ3) is 5.44. The molecule has 0 atom stereocenters. The van der Waals surface area contributed by atoms with Crippen LogP contribution in [0.5, 0.6) is 0 Å². The Balaban J connectivity index is 1.17. The van der Waals surface area contributed by atoms with Crippen LogP contribution in [0.2, 0.25) is 0 Å². The third-order valence-corrected chi connectivity index (χ3v) is 10.6. The summed E-state index contributed by atoms with van der Waals surface area (Å²) in [5.74, 6) is 0. The Kier molecular flexibility index (Phi) is 7.85. The fourth-order valence-electron chi connectivity index (χ4n) is 8.15. The van der Waals surface area contributed by atoms with Crippen LogP contribution in [-0.2, 0) is 0 Å². The molecular weight excluding hydrogens is 653 g/mol. The van der Waals surface area contributed by atoms with Crippen molar-refractivity contribution >= 4 is 49.6 Å². The summed E-state index contributed by atoms with van der Waals surface area (Å²) in [7, 11) is 0. The summed E-state index contributed by atoms with van der Waals surface area (Å²) in [5, 5.41) is 4.92. The minimum absolute atomic E-state index is 1.11. The van der Waals surface area contributed by atoms with Crippen LogP contribution in [0.25, 0.3) is 71.6 Å². The second kappa shape index (κ2) is 13.4. The molecule has 0 unspecified atom stereocenters. The molecule has 0 bridgehead atoms. The molecule has 0 aliphatic carbocycles. The lowest BCUT2D eigenvalue weighted by molar-refractivity contribution is 1.18. The summed E-state index contributed by atoms with van der Waals surface area (Å²) in [4.78, 5) is 2.44. The minimum atomic E-state index is 1.11. The van der Waals surface area contributed by atoms with E-state index in [1.54, 1.807) is 0 Å². The van der Waals surface area contributed by atoms with Gasteiger partial charge in [-0.2, -0.15) is 0 Å². The number of benzene rings is 9. The number of hydrogen-bond acceptors (Lipinski definition) is 1. The molecule has 0 amide bonds. The molecule has 0 saturated carbocycles. The molecule has 10 rings (SSSR count). The van der Waals surface area contributed by atoms with E-state index in [9.17, 15) is 0 Å². The van der Waals surface area contributed by atoms with Crippen LogP contribution >= 0.6 is 0 Å². The minimum Gasteiger partial charge on any atom is -0.309 e. The van der Waals surface area contributed by atoms with Gasteiger partial charge in [0.1, 0.15) is 0 Å². The van der Waals surface area contributed by atoms with Crippen molar-refractivity contribution in [2.75, 3.05) is 4.90 Å². The molecule has 54 heavy (non-hydrogen) atoms. The molecule has 0 fully saturated rings. The Morgan fingerprint density at radius 3 is 1.76 bits per heavy atom. The van der Waals surface area contributed by atoms with Gasteiger partial charge < -0.3 is 9.47 Å². The van der Waals surface area contributed by atoms with Crippen molar-refractivity contribution in [1.82, 2.24) is 4.57 Å². The SMILES string of the molecule is c1ccc(-c2cccc(N(c3ccccc3-c3cccc(-c4cccc5c4c4ccccc4n5-c4ccccc4)c3)c3cccc4ccccc34)c2)cc1. The monoisotopic (exact) mass is 688 g/mol. The van der Waals surface area contributed by atoms with Crippen LogP contribution in [0.3, 0.4) is 0 Å². The van der Waals surface area contributed by atoms with E-state index >= 15 is 0 Å². The van der Waals surface area contributed by atoms with Gasteiger partial charge >= 0.3 is 0 Å². The van der Waals surface area contributed by atoms with Crippen molar-refractivity contribution in [3.63, 3.8) is 0 Å². The lowest BCUT2D eigenvalue weighted by Gasteiger charge is -2.29. The first kappa shape index (κ1) is 31.6. The van der Waals surface area contributed by atoms with E-state index in [4.69, 9.17) is 0 Å². The maximum atomic E-state index is 2.44. The molecule has 2 nitrogen and oxygen atoms in total. The number of aromatic nitrogens is 1. The Bertz CT molecular complexity index is 2930. The molecule has 0 radical (unpaired) electrons. The van der Waals surface area contributed by atoms with Gasteiger partial charge in [0.2, 0.25) is 0 Å². The Morgan fingerprint density at radius 2 is 0.889 bits per heavy atom. The maximum Gasteiger partial charge on any atom is 0.0547 e. The predicted molar refractivity (Wildman–Crippen MR) is 229 cm³/mol. The first-order valence-electron chi connectivity index (χ1n) is 18.5. The number of nitrogens with zero attached hydrogens (tertiary/aromatic N) is 2. The molecule has 0 aliphatic heterocycles. The van der Waals surface area contributed by atoms with Gasteiger partial charge in [0.15, 0.2) is 0 Å². The van der Waals surface area contributed by atoms with Crippen LogP contribution in [0.4, 0.5) is 17.1 Å². The zero-order chi connectivity index (χ0) is 35.8. The van der Waals surface area contributed by atoms with Crippen LogP contribution in [-0.4, -0.2) is 4.57 Å². The number of rotatable bonds is 7. The summed E-state index contributed by atoms with van der Waals surface area (Å²) in [5.41, 5.74) is 14.0. The fourth-order valence-corrected chi connectivity index (χ4v) is 8.15. The van der Waals surface area contributed by atoms with Crippen molar-refractivity contribution in [3.05, 3.63) is 218 Å². The lowest BCUT2D eigenvalue weighted by Crippen LogP contribution is -2.12. The quantitative estimate of drug-likeness (QED) is 0.162. The van der Waals surface area contributed by atoms with Gasteiger partial charge in [-0.15, -0.1) is 0 Å². The average Bonchev–Trinajstić information content (AvgIpc) is 3.59. The molecular formula is C52H36N2. The van der Waals surface area contributed by atoms with Crippen LogP contribution in [0, 0.1) is 0 Å². The highest BCUT2D eigenvalue weighted by Crippen LogP contribution is 2.45. The van der Waals surface area contributed by atoms with Gasteiger partial charge in [0.05, 0.1) is 22.4 Å². The molecule has 10 aromatic rings. The second-order valence-electron chi connectivity index (χ2n) is 13.7. The first-order chi connectivity index (χ1) is 26.8. The summed E-state index contributed by atoms with van der Waals surface area (Å²) >= 11 is 0. The van der Waals surface area contributed by atoms with Crippen molar-refractivity contribution < 1.29 is 0 Å². The van der Waals surface area contributed by atoms with E-state index in [0.717, 1.165) is 33.9 Å². The average molecular weight is 689 g/mol. The molecule has 254 valence electrons. The summed E-state index contributed by atoms with van der Waals surface area (Å²) < 4.78 is 2.39. The first-order valence-corrected chi connectivity index (χ1v) is 18.5. The van der Waals surface area contributed by atoms with Gasteiger partial charge in [-0.05, 0) is 87.8 Å². The Morgan fingerprint density at radius 1 is 0.333 bits per heavy atom. The van der Waals surface area contributed by atoms with Gasteiger partial charge in [0.25, 0.3) is 0 Å². The van der Waals surface area contributed by atoms with E-state index in [1.165, 1.54) is 54.8 Å². The number of hydrogen-bond donors (Lipinski definition) is 0. The van der Waals surface area contributed by atoms with E-state index in [1.807, 2.05) is 0 Å². The number of anilines is 3. The van der Waals surface area contributed by atoms with Crippen molar-refractivity contribution in [2.45, 2.75) is 0 Å². The summed E-state index contributed by atoms with van der Waals surface area (Å²) in [6.07, 6.45) is 0. The standard InChI is InChI=1S/C52H36N2/c1-3-17-37(18-4-1)39-21-14-26-43(36-39)54(49-33-15-20-38-19-7-8-27-44(38)49)48-31-11-9-28-45(48)40-22-13-23-41(35-40)46-30-16-34-51-52(46)47-29-10-12-32-50(47)53(51)42-24-5-2-6-25-42/h1-36H. The van der Waals surface area contributed by atoms with Crippen molar-refractivity contribution in [1.29, 1.82) is 0 Å². The molecule has 0 N–H and O–H groups in total. The molecule has 0 aliphatic rings. The van der Waals surface area contributed by atoms with Crippen molar-refractivity contribution in [2.24, 2.45) is 0 Å². The highest BCUT2D eigenvalue weighted by molar-refractivity contribution is 6.16. The van der Waals surface area contributed by atoms with E-state index in [0.29, 0.717) is 0 Å². The fraction of sp³-hybridized carbons (Fsp3) is 0.